The number of nitrogens with zero attached hydrogens (tertiary/aromatic N) is 2. The maximum Gasteiger partial charge on any atom is 0.229 e. The van der Waals surface area contributed by atoms with Crippen molar-refractivity contribution in [2.24, 2.45) is 5.92 Å². The first-order valence-electron chi connectivity index (χ1n) is 8.21. The summed E-state index contributed by atoms with van der Waals surface area (Å²) in [5, 5.41) is 9.80. The lowest BCUT2D eigenvalue weighted by Crippen LogP contribution is -2.28. The summed E-state index contributed by atoms with van der Waals surface area (Å²) in [5.74, 6) is 0.286. The molecular formula is C18H22N4O3. The molecule has 1 fully saturated rings. The standard InChI is InChI=1S/C18H22N4O3/c1-11-17(12(2)21-20-11)19-18(24)14-8-16(23)22(10-14)9-13-4-6-15(25-3)7-5-13/h4-7,14H,8-10H2,1-3H3,(H,19,24)(H,20,21)/t14-/m0/s1. The number of ether oxygens (including phenoxy) is 1. The van der Waals surface area contributed by atoms with Crippen LogP contribution in [0.3, 0.4) is 0 Å². The number of hydrogen-bond acceptors (Lipinski definition) is 4. The molecule has 1 aromatic carbocycles. The van der Waals surface area contributed by atoms with Crippen molar-refractivity contribution in [3.05, 3.63) is 41.2 Å². The second-order valence-corrected chi connectivity index (χ2v) is 6.32. The first-order chi connectivity index (χ1) is 12.0. The Balaban J connectivity index is 1.62. The number of aromatic nitrogens is 2. The van der Waals surface area contributed by atoms with Crippen molar-refractivity contribution in [3.8, 4) is 5.75 Å². The van der Waals surface area contributed by atoms with Crippen molar-refractivity contribution in [1.82, 2.24) is 15.1 Å². The van der Waals surface area contributed by atoms with Crippen molar-refractivity contribution in [2.45, 2.75) is 26.8 Å². The molecule has 1 atom stereocenters. The smallest absolute Gasteiger partial charge is 0.229 e. The molecule has 1 aliphatic heterocycles. The molecule has 0 bridgehead atoms. The van der Waals surface area contributed by atoms with Gasteiger partial charge in [-0.1, -0.05) is 12.1 Å². The Hall–Kier alpha value is -2.83. The lowest BCUT2D eigenvalue weighted by molar-refractivity contribution is -0.128. The fourth-order valence-electron chi connectivity index (χ4n) is 3.01. The summed E-state index contributed by atoms with van der Waals surface area (Å²) in [5.41, 5.74) is 3.26. The Morgan fingerprint density at radius 3 is 2.68 bits per heavy atom. The molecule has 132 valence electrons. The summed E-state index contributed by atoms with van der Waals surface area (Å²) in [4.78, 5) is 26.5. The van der Waals surface area contributed by atoms with E-state index in [0.29, 0.717) is 18.8 Å². The highest BCUT2D eigenvalue weighted by atomic mass is 16.5. The number of anilines is 1. The topological polar surface area (TPSA) is 87.3 Å². The summed E-state index contributed by atoms with van der Waals surface area (Å²) in [6, 6.07) is 7.59. The zero-order valence-electron chi connectivity index (χ0n) is 14.6. The number of methoxy groups -OCH3 is 1. The third-order valence-electron chi connectivity index (χ3n) is 4.49. The molecule has 1 aliphatic rings. The van der Waals surface area contributed by atoms with Gasteiger partial charge in [0, 0.05) is 19.5 Å². The van der Waals surface area contributed by atoms with E-state index in [-0.39, 0.29) is 24.2 Å². The molecular weight excluding hydrogens is 320 g/mol. The Labute approximate surface area is 146 Å². The Kier molecular flexibility index (Phi) is 4.74. The lowest BCUT2D eigenvalue weighted by Gasteiger charge is -2.17. The fraction of sp³-hybridized carbons (Fsp3) is 0.389. The van der Waals surface area contributed by atoms with E-state index in [2.05, 4.69) is 15.5 Å². The molecule has 1 saturated heterocycles. The van der Waals surface area contributed by atoms with Crippen LogP contribution in [0.1, 0.15) is 23.4 Å². The van der Waals surface area contributed by atoms with Crippen LogP contribution in [0, 0.1) is 19.8 Å². The molecule has 3 rings (SSSR count). The van der Waals surface area contributed by atoms with Crippen LogP contribution in [0.15, 0.2) is 24.3 Å². The quantitative estimate of drug-likeness (QED) is 0.870. The molecule has 25 heavy (non-hydrogen) atoms. The van der Waals surface area contributed by atoms with Crippen LogP contribution in [0.5, 0.6) is 5.75 Å². The average Bonchev–Trinajstić information content (AvgIpc) is 3.12. The molecule has 2 amide bonds. The number of aromatic amines is 1. The van der Waals surface area contributed by atoms with Crippen molar-refractivity contribution in [3.63, 3.8) is 0 Å². The molecule has 0 radical (unpaired) electrons. The van der Waals surface area contributed by atoms with Crippen molar-refractivity contribution in [1.29, 1.82) is 0 Å². The van der Waals surface area contributed by atoms with Crippen LogP contribution < -0.4 is 10.1 Å². The van der Waals surface area contributed by atoms with E-state index in [0.717, 1.165) is 22.7 Å². The largest absolute Gasteiger partial charge is 0.497 e. The number of nitrogens with one attached hydrogen (secondary N) is 2. The molecule has 2 N–H and O–H groups in total. The average molecular weight is 342 g/mol. The summed E-state index contributed by atoms with van der Waals surface area (Å²) in [7, 11) is 1.62. The fourth-order valence-corrected chi connectivity index (χ4v) is 3.01. The molecule has 0 saturated carbocycles. The van der Waals surface area contributed by atoms with E-state index in [1.54, 1.807) is 12.0 Å². The number of amides is 2. The monoisotopic (exact) mass is 342 g/mol. The van der Waals surface area contributed by atoms with Gasteiger partial charge >= 0.3 is 0 Å². The van der Waals surface area contributed by atoms with Gasteiger partial charge in [-0.25, -0.2) is 0 Å². The molecule has 7 heteroatoms. The van der Waals surface area contributed by atoms with Gasteiger partial charge in [-0.2, -0.15) is 5.10 Å². The molecule has 0 unspecified atom stereocenters. The van der Waals surface area contributed by atoms with E-state index in [1.165, 1.54) is 0 Å². The second-order valence-electron chi connectivity index (χ2n) is 6.32. The first kappa shape index (κ1) is 17.0. The van der Waals surface area contributed by atoms with Crippen molar-refractivity contribution >= 4 is 17.5 Å². The molecule has 0 spiro atoms. The highest BCUT2D eigenvalue weighted by Gasteiger charge is 2.34. The number of likely N-dealkylation sites (tertiary alicyclic amines) is 1. The first-order valence-corrected chi connectivity index (χ1v) is 8.21. The molecule has 1 aromatic heterocycles. The van der Waals surface area contributed by atoms with Gasteiger partial charge in [0.05, 0.1) is 30.1 Å². The minimum Gasteiger partial charge on any atom is -0.497 e. The maximum absolute atomic E-state index is 12.5. The van der Waals surface area contributed by atoms with Crippen LogP contribution >= 0.6 is 0 Å². The van der Waals surface area contributed by atoms with Gasteiger partial charge in [0.15, 0.2) is 0 Å². The van der Waals surface area contributed by atoms with Crippen LogP contribution in [-0.2, 0) is 16.1 Å². The van der Waals surface area contributed by atoms with E-state index in [1.807, 2.05) is 38.1 Å². The van der Waals surface area contributed by atoms with E-state index in [9.17, 15) is 9.59 Å². The van der Waals surface area contributed by atoms with E-state index >= 15 is 0 Å². The van der Waals surface area contributed by atoms with Crippen LogP contribution in [0.2, 0.25) is 0 Å². The zero-order chi connectivity index (χ0) is 18.0. The molecule has 2 aromatic rings. The third kappa shape index (κ3) is 3.65. The van der Waals surface area contributed by atoms with Crippen LogP contribution in [0.25, 0.3) is 0 Å². The molecule has 7 nitrogen and oxygen atoms in total. The highest BCUT2D eigenvalue weighted by molar-refractivity contribution is 5.97. The summed E-state index contributed by atoms with van der Waals surface area (Å²) < 4.78 is 5.14. The van der Waals surface area contributed by atoms with Gasteiger partial charge in [-0.3, -0.25) is 14.7 Å². The summed E-state index contributed by atoms with van der Waals surface area (Å²) in [6.45, 7) is 4.60. The maximum atomic E-state index is 12.5. The van der Waals surface area contributed by atoms with Crippen LogP contribution in [-0.4, -0.2) is 40.6 Å². The van der Waals surface area contributed by atoms with Crippen molar-refractivity contribution < 1.29 is 14.3 Å². The van der Waals surface area contributed by atoms with Gasteiger partial charge < -0.3 is 15.0 Å². The Morgan fingerprint density at radius 1 is 1.36 bits per heavy atom. The van der Waals surface area contributed by atoms with Gasteiger partial charge in [0.2, 0.25) is 11.8 Å². The number of hydrogen-bond donors (Lipinski definition) is 2. The lowest BCUT2D eigenvalue weighted by atomic mass is 10.1. The van der Waals surface area contributed by atoms with Gasteiger partial charge in [-0.15, -0.1) is 0 Å². The predicted octanol–water partition coefficient (Wildman–Crippen LogP) is 2.02. The predicted molar refractivity (Wildman–Crippen MR) is 93.2 cm³/mol. The van der Waals surface area contributed by atoms with E-state index < -0.39 is 0 Å². The minimum absolute atomic E-state index is 0.00314. The highest BCUT2D eigenvalue weighted by Crippen LogP contribution is 2.24. The van der Waals surface area contributed by atoms with Gasteiger partial charge in [-0.05, 0) is 31.5 Å². The van der Waals surface area contributed by atoms with Crippen LogP contribution in [0.4, 0.5) is 5.69 Å². The number of benzene rings is 1. The summed E-state index contributed by atoms with van der Waals surface area (Å²) >= 11 is 0. The molecule has 2 heterocycles. The number of rotatable bonds is 5. The van der Waals surface area contributed by atoms with Crippen molar-refractivity contribution in [2.75, 3.05) is 19.0 Å². The molecule has 0 aliphatic carbocycles. The van der Waals surface area contributed by atoms with Gasteiger partial charge in [0.25, 0.3) is 0 Å². The number of carbonyl (C=O) groups is 2. The Morgan fingerprint density at radius 2 is 2.08 bits per heavy atom. The minimum atomic E-state index is -0.348. The Bertz CT molecular complexity index is 763. The normalized spacial score (nSPS) is 17.0. The second kappa shape index (κ2) is 6.96. The number of aryl methyl sites for hydroxylation is 2. The number of H-pyrrole nitrogens is 1. The summed E-state index contributed by atoms with van der Waals surface area (Å²) in [6.07, 6.45) is 0.234. The SMILES string of the molecule is COc1ccc(CN2C[C@@H](C(=O)Nc3c(C)n[nH]c3C)CC2=O)cc1. The third-order valence-corrected chi connectivity index (χ3v) is 4.49. The van der Waals surface area contributed by atoms with Gasteiger partial charge in [0.1, 0.15) is 5.75 Å². The van der Waals surface area contributed by atoms with E-state index in [4.69, 9.17) is 4.74 Å². The zero-order valence-corrected chi connectivity index (χ0v) is 14.6. The number of carbonyl (C=O) groups excluding carboxylic acids is 2.